The molecule has 0 radical (unpaired) electrons. The van der Waals surface area contributed by atoms with E-state index in [-0.39, 0.29) is 30.2 Å². The molecule has 4 rings (SSSR count). The van der Waals surface area contributed by atoms with Crippen molar-refractivity contribution in [1.29, 1.82) is 0 Å². The SMILES string of the molecule is CCCCOC(=O)c1ccc(N2C(=O)C[C@@H](N3C[C@H]4CCCC[C@H]4C3)C2=O)cc1. The summed E-state index contributed by atoms with van der Waals surface area (Å²) in [5, 5.41) is 0. The molecule has 3 atom stereocenters. The molecule has 1 aromatic rings. The van der Waals surface area contributed by atoms with Crippen molar-refractivity contribution in [3.05, 3.63) is 29.8 Å². The first-order valence-electron chi connectivity index (χ1n) is 11.0. The molecule has 2 amide bonds. The fourth-order valence-electron chi connectivity index (χ4n) is 5.01. The van der Waals surface area contributed by atoms with Crippen LogP contribution < -0.4 is 4.90 Å². The quantitative estimate of drug-likeness (QED) is 0.417. The summed E-state index contributed by atoms with van der Waals surface area (Å²) >= 11 is 0. The van der Waals surface area contributed by atoms with Crippen molar-refractivity contribution >= 4 is 23.5 Å². The molecular formula is C23H30N2O4. The van der Waals surface area contributed by atoms with Crippen molar-refractivity contribution in [3.8, 4) is 0 Å². The van der Waals surface area contributed by atoms with Crippen LogP contribution in [0.25, 0.3) is 0 Å². The molecule has 2 saturated heterocycles. The van der Waals surface area contributed by atoms with Crippen LogP contribution in [0.15, 0.2) is 24.3 Å². The Morgan fingerprint density at radius 1 is 1.07 bits per heavy atom. The van der Waals surface area contributed by atoms with Gasteiger partial charge in [0.1, 0.15) is 0 Å². The van der Waals surface area contributed by atoms with E-state index >= 15 is 0 Å². The van der Waals surface area contributed by atoms with Gasteiger partial charge in [0.15, 0.2) is 0 Å². The number of hydrogen-bond acceptors (Lipinski definition) is 5. The number of unbranched alkanes of at least 4 members (excludes halogenated alkanes) is 1. The standard InChI is InChI=1S/C23H30N2O4/c1-2-3-12-29-23(28)16-8-10-19(11-9-16)25-21(26)13-20(22(25)27)24-14-17-6-4-5-7-18(17)15-24/h8-11,17-18,20H,2-7,12-15H2,1H3/t17-,18+,20-/m1/s1. The topological polar surface area (TPSA) is 66.9 Å². The predicted octanol–water partition coefficient (Wildman–Crippen LogP) is 3.40. The zero-order chi connectivity index (χ0) is 20.4. The largest absolute Gasteiger partial charge is 0.462 e. The van der Waals surface area contributed by atoms with Gasteiger partial charge in [-0.2, -0.15) is 0 Å². The Morgan fingerprint density at radius 3 is 2.34 bits per heavy atom. The van der Waals surface area contributed by atoms with E-state index in [0.717, 1.165) is 25.9 Å². The monoisotopic (exact) mass is 398 g/mol. The molecule has 0 aromatic heterocycles. The minimum absolute atomic E-state index is 0.132. The third-order valence-corrected chi connectivity index (χ3v) is 6.66. The molecule has 0 bridgehead atoms. The maximum atomic E-state index is 13.1. The van der Waals surface area contributed by atoms with Crippen LogP contribution in [0.2, 0.25) is 0 Å². The van der Waals surface area contributed by atoms with E-state index in [4.69, 9.17) is 4.74 Å². The Morgan fingerprint density at radius 2 is 1.72 bits per heavy atom. The Hall–Kier alpha value is -2.21. The normalized spacial score (nSPS) is 27.3. The van der Waals surface area contributed by atoms with Crippen molar-refractivity contribution in [2.45, 2.75) is 57.9 Å². The summed E-state index contributed by atoms with van der Waals surface area (Å²) in [7, 11) is 0. The van der Waals surface area contributed by atoms with Crippen molar-refractivity contribution in [3.63, 3.8) is 0 Å². The van der Waals surface area contributed by atoms with Gasteiger partial charge in [0.05, 0.1) is 30.3 Å². The average Bonchev–Trinajstić information content (AvgIpc) is 3.28. The first-order chi connectivity index (χ1) is 14.1. The van der Waals surface area contributed by atoms with Crippen LogP contribution in [0, 0.1) is 11.8 Å². The molecule has 0 unspecified atom stereocenters. The highest BCUT2D eigenvalue weighted by Crippen LogP contribution is 2.38. The molecule has 0 spiro atoms. The molecule has 156 valence electrons. The fraction of sp³-hybridized carbons (Fsp3) is 0.609. The number of hydrogen-bond donors (Lipinski definition) is 0. The van der Waals surface area contributed by atoms with Gasteiger partial charge in [-0.3, -0.25) is 14.5 Å². The van der Waals surface area contributed by atoms with E-state index < -0.39 is 0 Å². The minimum Gasteiger partial charge on any atom is -0.462 e. The molecule has 29 heavy (non-hydrogen) atoms. The molecule has 3 aliphatic rings. The van der Waals surface area contributed by atoms with Gasteiger partial charge in [-0.1, -0.05) is 26.2 Å². The van der Waals surface area contributed by atoms with Gasteiger partial charge >= 0.3 is 5.97 Å². The highest BCUT2D eigenvalue weighted by Gasteiger charge is 2.46. The van der Waals surface area contributed by atoms with E-state index in [0.29, 0.717) is 29.7 Å². The Labute approximate surface area is 172 Å². The molecule has 6 nitrogen and oxygen atoms in total. The van der Waals surface area contributed by atoms with Crippen molar-refractivity contribution in [1.82, 2.24) is 4.90 Å². The molecule has 2 aliphatic heterocycles. The van der Waals surface area contributed by atoms with Crippen LogP contribution in [0.5, 0.6) is 0 Å². The minimum atomic E-state index is -0.373. The number of likely N-dealkylation sites (tertiary alicyclic amines) is 1. The summed E-state index contributed by atoms with van der Waals surface area (Å²) < 4.78 is 5.21. The number of nitrogens with zero attached hydrogens (tertiary/aromatic N) is 2. The Kier molecular flexibility index (Phi) is 5.99. The average molecular weight is 399 g/mol. The van der Waals surface area contributed by atoms with Gasteiger partial charge in [-0.15, -0.1) is 0 Å². The lowest BCUT2D eigenvalue weighted by Gasteiger charge is -2.23. The molecule has 6 heteroatoms. The number of anilines is 1. The smallest absolute Gasteiger partial charge is 0.338 e. The van der Waals surface area contributed by atoms with E-state index in [2.05, 4.69) is 4.90 Å². The third-order valence-electron chi connectivity index (χ3n) is 6.66. The summed E-state index contributed by atoms with van der Waals surface area (Å²) in [6.07, 6.45) is 7.10. The number of fused-ring (bicyclic) bond motifs is 1. The van der Waals surface area contributed by atoms with Crippen LogP contribution in [-0.4, -0.2) is 48.4 Å². The summed E-state index contributed by atoms with van der Waals surface area (Å²) in [6, 6.07) is 6.24. The molecule has 2 heterocycles. The molecular weight excluding hydrogens is 368 g/mol. The number of carbonyl (C=O) groups excluding carboxylic acids is 3. The second-order valence-electron chi connectivity index (χ2n) is 8.58. The molecule has 0 N–H and O–H groups in total. The summed E-state index contributed by atoms with van der Waals surface area (Å²) in [6.45, 7) is 4.31. The van der Waals surface area contributed by atoms with Crippen molar-refractivity contribution in [2.75, 3.05) is 24.6 Å². The number of imide groups is 1. The van der Waals surface area contributed by atoms with Crippen molar-refractivity contribution in [2.24, 2.45) is 11.8 Å². The predicted molar refractivity (Wildman–Crippen MR) is 110 cm³/mol. The van der Waals surface area contributed by atoms with E-state index in [1.54, 1.807) is 24.3 Å². The van der Waals surface area contributed by atoms with Gasteiger partial charge < -0.3 is 4.74 Å². The molecule has 1 aliphatic carbocycles. The van der Waals surface area contributed by atoms with Gasteiger partial charge in [-0.05, 0) is 55.4 Å². The van der Waals surface area contributed by atoms with Crippen LogP contribution in [-0.2, 0) is 14.3 Å². The molecule has 1 aromatic carbocycles. The second kappa shape index (κ2) is 8.66. The lowest BCUT2D eigenvalue weighted by atomic mass is 9.82. The van der Waals surface area contributed by atoms with Gasteiger partial charge in [0.2, 0.25) is 5.91 Å². The maximum absolute atomic E-state index is 13.1. The zero-order valence-electron chi connectivity index (χ0n) is 17.1. The molecule has 3 fully saturated rings. The van der Waals surface area contributed by atoms with Crippen LogP contribution in [0.4, 0.5) is 5.69 Å². The summed E-state index contributed by atoms with van der Waals surface area (Å²) in [5.74, 6) is 0.694. The van der Waals surface area contributed by atoms with Crippen LogP contribution >= 0.6 is 0 Å². The number of ether oxygens (including phenoxy) is 1. The third kappa shape index (κ3) is 4.08. The van der Waals surface area contributed by atoms with Gasteiger partial charge in [0.25, 0.3) is 5.91 Å². The zero-order valence-corrected chi connectivity index (χ0v) is 17.1. The second-order valence-corrected chi connectivity index (χ2v) is 8.58. The number of esters is 1. The maximum Gasteiger partial charge on any atom is 0.338 e. The number of carbonyl (C=O) groups is 3. The van der Waals surface area contributed by atoms with Crippen LogP contribution in [0.1, 0.15) is 62.2 Å². The van der Waals surface area contributed by atoms with E-state index in [9.17, 15) is 14.4 Å². The Bertz CT molecular complexity index is 762. The highest BCUT2D eigenvalue weighted by atomic mass is 16.5. The highest BCUT2D eigenvalue weighted by molar-refractivity contribution is 6.22. The first-order valence-corrected chi connectivity index (χ1v) is 11.0. The lowest BCUT2D eigenvalue weighted by Crippen LogP contribution is -2.41. The summed E-state index contributed by atoms with van der Waals surface area (Å²) in [4.78, 5) is 41.3. The van der Waals surface area contributed by atoms with Gasteiger partial charge in [0, 0.05) is 13.1 Å². The fourth-order valence-corrected chi connectivity index (χ4v) is 5.01. The van der Waals surface area contributed by atoms with Crippen molar-refractivity contribution < 1.29 is 19.1 Å². The number of amides is 2. The van der Waals surface area contributed by atoms with E-state index in [1.807, 2.05) is 6.92 Å². The lowest BCUT2D eigenvalue weighted by molar-refractivity contribution is -0.122. The number of rotatable bonds is 6. The first kappa shape index (κ1) is 20.1. The van der Waals surface area contributed by atoms with E-state index in [1.165, 1.54) is 30.6 Å². The molecule has 1 saturated carbocycles. The number of benzene rings is 1. The van der Waals surface area contributed by atoms with Crippen LogP contribution in [0.3, 0.4) is 0 Å². The Balaban J connectivity index is 1.42. The summed E-state index contributed by atoms with van der Waals surface area (Å²) in [5.41, 5.74) is 0.966. The van der Waals surface area contributed by atoms with Gasteiger partial charge in [-0.25, -0.2) is 9.69 Å².